The molecule has 0 radical (unpaired) electrons. The van der Waals surface area contributed by atoms with Crippen LogP contribution in [0, 0.1) is 0 Å². The molecule has 0 fully saturated rings. The Bertz CT molecular complexity index is 1370. The smallest absolute Gasteiger partial charge is 0.352 e. The van der Waals surface area contributed by atoms with Crippen molar-refractivity contribution in [1.82, 2.24) is 9.88 Å². The number of fused-ring (bicyclic) bond motifs is 2. The molecule has 3 aromatic carbocycles. The van der Waals surface area contributed by atoms with Crippen LogP contribution in [0.15, 0.2) is 72.8 Å². The molecule has 2 heterocycles. The largest absolute Gasteiger partial charge is 0.489 e. The van der Waals surface area contributed by atoms with Gasteiger partial charge in [0.15, 0.2) is 0 Å². The van der Waals surface area contributed by atoms with Gasteiger partial charge < -0.3 is 14.8 Å². The van der Waals surface area contributed by atoms with Gasteiger partial charge >= 0.3 is 5.97 Å². The van der Waals surface area contributed by atoms with Crippen LogP contribution in [-0.4, -0.2) is 39.3 Å². The molecule has 0 unspecified atom stereocenters. The van der Waals surface area contributed by atoms with Gasteiger partial charge in [-0.25, -0.2) is 4.79 Å². The number of carboxylic acid groups (broad SMARTS) is 1. The summed E-state index contributed by atoms with van der Waals surface area (Å²) in [5, 5.41) is 10.5. The SMILES string of the molecule is O=C(O)c1[nH]c2ccc(OCc3ccccc3)cc2c1CCCN1C(=O)c2ccccc2C1=O. The second kappa shape index (κ2) is 8.86. The van der Waals surface area contributed by atoms with Crippen LogP contribution in [0.25, 0.3) is 10.9 Å². The molecule has 2 N–H and O–H groups in total. The first-order valence-corrected chi connectivity index (χ1v) is 11.0. The highest BCUT2D eigenvalue weighted by Gasteiger charge is 2.34. The fraction of sp³-hybridized carbons (Fsp3) is 0.148. The van der Waals surface area contributed by atoms with Crippen molar-refractivity contribution in [2.24, 2.45) is 0 Å². The van der Waals surface area contributed by atoms with Crippen molar-refractivity contribution in [3.8, 4) is 5.75 Å². The molecule has 0 atom stereocenters. The van der Waals surface area contributed by atoms with Crippen molar-refractivity contribution >= 4 is 28.7 Å². The number of imide groups is 1. The average molecular weight is 454 g/mol. The fourth-order valence-corrected chi connectivity index (χ4v) is 4.36. The number of aromatic nitrogens is 1. The molecule has 7 nitrogen and oxygen atoms in total. The van der Waals surface area contributed by atoms with Crippen molar-refractivity contribution in [2.45, 2.75) is 19.4 Å². The lowest BCUT2D eigenvalue weighted by Gasteiger charge is -2.13. The molecule has 1 aliphatic heterocycles. The van der Waals surface area contributed by atoms with Gasteiger partial charge in [0.05, 0.1) is 11.1 Å². The maximum Gasteiger partial charge on any atom is 0.352 e. The van der Waals surface area contributed by atoms with Crippen molar-refractivity contribution in [3.05, 3.63) is 101 Å². The molecule has 34 heavy (non-hydrogen) atoms. The minimum atomic E-state index is -1.06. The molecule has 1 aromatic heterocycles. The number of carbonyl (C=O) groups is 3. The fourth-order valence-electron chi connectivity index (χ4n) is 4.36. The molecule has 170 valence electrons. The third kappa shape index (κ3) is 3.92. The number of carbonyl (C=O) groups excluding carboxylic acids is 2. The Morgan fingerprint density at radius 2 is 1.59 bits per heavy atom. The zero-order chi connectivity index (χ0) is 23.7. The Hall–Kier alpha value is -4.39. The number of hydrogen-bond acceptors (Lipinski definition) is 4. The Kier molecular flexibility index (Phi) is 5.59. The Morgan fingerprint density at radius 3 is 2.26 bits per heavy atom. The summed E-state index contributed by atoms with van der Waals surface area (Å²) in [6.07, 6.45) is 0.824. The quantitative estimate of drug-likeness (QED) is 0.377. The molecule has 0 saturated carbocycles. The van der Waals surface area contributed by atoms with E-state index in [-0.39, 0.29) is 24.1 Å². The van der Waals surface area contributed by atoms with Gasteiger partial charge in [0.25, 0.3) is 11.8 Å². The van der Waals surface area contributed by atoms with Gasteiger partial charge in [-0.3, -0.25) is 14.5 Å². The number of aryl methyl sites for hydroxylation is 1. The third-order valence-electron chi connectivity index (χ3n) is 6.03. The number of hydrogen-bond donors (Lipinski definition) is 2. The van der Waals surface area contributed by atoms with E-state index in [9.17, 15) is 19.5 Å². The van der Waals surface area contributed by atoms with E-state index in [0.717, 1.165) is 10.9 Å². The van der Waals surface area contributed by atoms with Crippen molar-refractivity contribution in [1.29, 1.82) is 0 Å². The van der Waals surface area contributed by atoms with Crippen LogP contribution < -0.4 is 4.74 Å². The van der Waals surface area contributed by atoms with Gasteiger partial charge in [-0.1, -0.05) is 42.5 Å². The van der Waals surface area contributed by atoms with Crippen molar-refractivity contribution in [2.75, 3.05) is 6.54 Å². The van der Waals surface area contributed by atoms with Gasteiger partial charge in [-0.15, -0.1) is 0 Å². The van der Waals surface area contributed by atoms with E-state index in [2.05, 4.69) is 4.98 Å². The molecule has 0 bridgehead atoms. The van der Waals surface area contributed by atoms with Crippen LogP contribution >= 0.6 is 0 Å². The monoisotopic (exact) mass is 454 g/mol. The van der Waals surface area contributed by atoms with Crippen LogP contribution in [0.2, 0.25) is 0 Å². The first-order chi connectivity index (χ1) is 16.5. The van der Waals surface area contributed by atoms with Gasteiger partial charge in [0, 0.05) is 17.4 Å². The zero-order valence-electron chi connectivity index (χ0n) is 18.3. The number of nitrogens with one attached hydrogen (secondary N) is 1. The molecule has 0 saturated heterocycles. The standard InChI is InChI=1S/C27H22N2O5/c30-25-20-9-4-5-10-21(20)26(31)29(25)14-6-11-19-22-15-18(34-16-17-7-2-1-3-8-17)12-13-23(22)28-24(19)27(32)33/h1-5,7-10,12-13,15,28H,6,11,14,16H2,(H,32,33). The summed E-state index contributed by atoms with van der Waals surface area (Å²) in [5.41, 5.74) is 3.28. The maximum absolute atomic E-state index is 12.6. The van der Waals surface area contributed by atoms with E-state index in [1.165, 1.54) is 4.90 Å². The molecule has 1 aliphatic rings. The highest BCUT2D eigenvalue weighted by molar-refractivity contribution is 6.21. The first-order valence-electron chi connectivity index (χ1n) is 11.0. The maximum atomic E-state index is 12.6. The number of nitrogens with zero attached hydrogens (tertiary/aromatic N) is 1. The lowest BCUT2D eigenvalue weighted by molar-refractivity contribution is 0.0646. The minimum Gasteiger partial charge on any atom is -0.489 e. The van der Waals surface area contributed by atoms with E-state index in [0.29, 0.717) is 47.4 Å². The molecule has 2 amide bonds. The molecule has 0 aliphatic carbocycles. The second-order valence-electron chi connectivity index (χ2n) is 8.18. The summed E-state index contributed by atoms with van der Waals surface area (Å²) >= 11 is 0. The Labute approximate surface area is 195 Å². The van der Waals surface area contributed by atoms with Crippen LogP contribution in [0.1, 0.15) is 48.8 Å². The van der Waals surface area contributed by atoms with E-state index in [1.807, 2.05) is 36.4 Å². The number of benzene rings is 3. The number of amides is 2. The van der Waals surface area contributed by atoms with Gasteiger partial charge in [-0.05, 0) is 54.3 Å². The third-order valence-corrected chi connectivity index (χ3v) is 6.03. The Balaban J connectivity index is 1.34. The molecular weight excluding hydrogens is 432 g/mol. The summed E-state index contributed by atoms with van der Waals surface area (Å²) in [6, 6.07) is 22.0. The van der Waals surface area contributed by atoms with Crippen molar-refractivity contribution < 1.29 is 24.2 Å². The summed E-state index contributed by atoms with van der Waals surface area (Å²) in [4.78, 5) is 41.3. The van der Waals surface area contributed by atoms with Gasteiger partial charge in [0.2, 0.25) is 0 Å². The van der Waals surface area contributed by atoms with Gasteiger partial charge in [0.1, 0.15) is 18.1 Å². The highest BCUT2D eigenvalue weighted by Crippen LogP contribution is 2.29. The minimum absolute atomic E-state index is 0.109. The topological polar surface area (TPSA) is 99.7 Å². The number of aromatic carboxylic acids is 1. The number of rotatable bonds is 8. The van der Waals surface area contributed by atoms with Crippen LogP contribution in [0.3, 0.4) is 0 Å². The lowest BCUT2D eigenvalue weighted by atomic mass is 10.0. The van der Waals surface area contributed by atoms with E-state index in [4.69, 9.17) is 4.74 Å². The average Bonchev–Trinajstić information content (AvgIpc) is 3.34. The highest BCUT2D eigenvalue weighted by atomic mass is 16.5. The molecule has 0 spiro atoms. The van der Waals surface area contributed by atoms with Crippen LogP contribution in [0.5, 0.6) is 5.75 Å². The predicted molar refractivity (Wildman–Crippen MR) is 126 cm³/mol. The van der Waals surface area contributed by atoms with E-state index in [1.54, 1.807) is 36.4 Å². The van der Waals surface area contributed by atoms with E-state index >= 15 is 0 Å². The lowest BCUT2D eigenvalue weighted by Crippen LogP contribution is -2.31. The summed E-state index contributed by atoms with van der Waals surface area (Å²) in [7, 11) is 0. The zero-order valence-corrected chi connectivity index (χ0v) is 18.3. The number of aromatic amines is 1. The van der Waals surface area contributed by atoms with Gasteiger partial charge in [-0.2, -0.15) is 0 Å². The molecule has 7 heteroatoms. The van der Waals surface area contributed by atoms with Crippen LogP contribution in [-0.2, 0) is 13.0 Å². The van der Waals surface area contributed by atoms with E-state index < -0.39 is 5.97 Å². The number of ether oxygens (including phenoxy) is 1. The Morgan fingerprint density at radius 1 is 0.912 bits per heavy atom. The molecular formula is C27H22N2O5. The van der Waals surface area contributed by atoms with Crippen LogP contribution in [0.4, 0.5) is 0 Å². The number of carboxylic acids is 1. The summed E-state index contributed by atoms with van der Waals surface area (Å²) in [5.74, 6) is -1.04. The molecule has 5 rings (SSSR count). The normalized spacial score (nSPS) is 12.9. The molecule has 4 aromatic rings. The predicted octanol–water partition coefficient (Wildman–Crippen LogP) is 4.67. The van der Waals surface area contributed by atoms with Crippen molar-refractivity contribution in [3.63, 3.8) is 0 Å². The summed E-state index contributed by atoms with van der Waals surface area (Å²) in [6.45, 7) is 0.611. The summed E-state index contributed by atoms with van der Waals surface area (Å²) < 4.78 is 5.92. The number of H-pyrrole nitrogens is 1. The first kappa shape index (κ1) is 21.5. The second-order valence-corrected chi connectivity index (χ2v) is 8.18.